The Morgan fingerprint density at radius 2 is 1.55 bits per heavy atom. The first kappa shape index (κ1) is 19.6. The van der Waals surface area contributed by atoms with Gasteiger partial charge in [0.2, 0.25) is 5.91 Å². The molecule has 4 aliphatic heterocycles. The molecule has 7 heteroatoms. The van der Waals surface area contributed by atoms with Crippen LogP contribution in [0.3, 0.4) is 0 Å². The molecule has 7 nitrogen and oxygen atoms in total. The summed E-state index contributed by atoms with van der Waals surface area (Å²) in [4.78, 5) is 32.1. The summed E-state index contributed by atoms with van der Waals surface area (Å²) in [5, 5.41) is 0. The summed E-state index contributed by atoms with van der Waals surface area (Å²) in [6.45, 7) is 7.55. The lowest BCUT2D eigenvalue weighted by atomic mass is 9.89. The van der Waals surface area contributed by atoms with E-state index >= 15 is 0 Å². The Morgan fingerprint density at radius 1 is 0.931 bits per heavy atom. The number of rotatable bonds is 3. The van der Waals surface area contributed by atoms with Crippen molar-refractivity contribution < 1.29 is 19.1 Å². The molecule has 5 atom stereocenters. The molecule has 5 fully saturated rings. The van der Waals surface area contributed by atoms with E-state index in [0.29, 0.717) is 43.6 Å². The Morgan fingerprint density at radius 3 is 2.14 bits per heavy atom. The molecular formula is C22H35N3O4. The maximum atomic E-state index is 13.0. The Balaban J connectivity index is 1.16. The van der Waals surface area contributed by atoms with E-state index in [9.17, 15) is 9.59 Å². The van der Waals surface area contributed by atoms with Crippen LogP contribution in [0.2, 0.25) is 0 Å². The Kier molecular flexibility index (Phi) is 5.45. The molecule has 0 N–H and O–H groups in total. The van der Waals surface area contributed by atoms with Gasteiger partial charge in [0.15, 0.2) is 0 Å². The first-order valence-corrected chi connectivity index (χ1v) is 11.7. The van der Waals surface area contributed by atoms with Crippen LogP contribution in [0.25, 0.3) is 0 Å². The second-order valence-electron chi connectivity index (χ2n) is 9.62. The zero-order valence-electron chi connectivity index (χ0n) is 17.6. The van der Waals surface area contributed by atoms with Crippen LogP contribution in [0.1, 0.15) is 45.4 Å². The lowest BCUT2D eigenvalue weighted by Gasteiger charge is -2.49. The predicted octanol–water partition coefficient (Wildman–Crippen LogP) is 1.96. The van der Waals surface area contributed by atoms with Gasteiger partial charge in [-0.2, -0.15) is 0 Å². The molecule has 0 aromatic heterocycles. The average Bonchev–Trinajstić information content (AvgIpc) is 3.33. The number of fused-ring (bicyclic) bond motifs is 3. The minimum atomic E-state index is -0.184. The van der Waals surface area contributed by atoms with Gasteiger partial charge in [-0.25, -0.2) is 4.79 Å². The van der Waals surface area contributed by atoms with E-state index in [1.807, 2.05) is 11.8 Å². The van der Waals surface area contributed by atoms with Crippen LogP contribution in [0, 0.1) is 17.8 Å². The van der Waals surface area contributed by atoms with E-state index in [1.54, 1.807) is 0 Å². The van der Waals surface area contributed by atoms with Crippen LogP contribution in [-0.4, -0.2) is 90.8 Å². The first-order valence-electron chi connectivity index (χ1n) is 11.7. The standard InChI is InChI=1S/C22H35N3O4/c1-2-29-22(27)25-16-9-15(10-17(25)14-28-13-16)24-11-18-19(12-24)20(18)21(26)23-7-5-3-4-6-8-23/h15-20H,2-14H2,1H3/t15?,16?,17?,18-,19+,20+. The molecule has 0 spiro atoms. The number of piperidine rings is 2. The lowest BCUT2D eigenvalue weighted by molar-refractivity contribution is -0.133. The Bertz CT molecular complexity index is 610. The van der Waals surface area contributed by atoms with Gasteiger partial charge in [-0.1, -0.05) is 12.8 Å². The van der Waals surface area contributed by atoms with Gasteiger partial charge in [0, 0.05) is 38.1 Å². The third kappa shape index (κ3) is 3.65. The third-order valence-electron chi connectivity index (χ3n) is 7.92. The molecule has 29 heavy (non-hydrogen) atoms. The van der Waals surface area contributed by atoms with Crippen LogP contribution in [0.5, 0.6) is 0 Å². The average molecular weight is 406 g/mol. The molecule has 4 heterocycles. The molecule has 0 aromatic rings. The molecule has 2 bridgehead atoms. The van der Waals surface area contributed by atoms with Crippen molar-refractivity contribution in [2.24, 2.45) is 17.8 Å². The van der Waals surface area contributed by atoms with Crippen molar-refractivity contribution in [2.75, 3.05) is 46.0 Å². The fourth-order valence-electron chi connectivity index (χ4n) is 6.41. The maximum absolute atomic E-state index is 13.0. The van der Waals surface area contributed by atoms with Gasteiger partial charge in [-0.3, -0.25) is 14.6 Å². The van der Waals surface area contributed by atoms with Gasteiger partial charge in [-0.05, 0) is 44.4 Å². The topological polar surface area (TPSA) is 62.3 Å². The van der Waals surface area contributed by atoms with Gasteiger partial charge in [0.05, 0.1) is 31.9 Å². The number of hydrogen-bond acceptors (Lipinski definition) is 5. The number of hydrogen-bond donors (Lipinski definition) is 0. The Hall–Kier alpha value is -1.34. The highest BCUT2D eigenvalue weighted by molar-refractivity contribution is 5.82. The zero-order chi connectivity index (χ0) is 20.0. The number of amides is 2. The van der Waals surface area contributed by atoms with E-state index in [1.165, 1.54) is 25.7 Å². The molecular weight excluding hydrogens is 370 g/mol. The van der Waals surface area contributed by atoms with E-state index in [4.69, 9.17) is 9.47 Å². The summed E-state index contributed by atoms with van der Waals surface area (Å²) in [6, 6.07) is 0.748. The SMILES string of the molecule is CCOC(=O)N1C2COCC1CC(N1C[C@@H]3[C@H](C1)[C@H]3C(=O)N1CCCCCC1)C2. The molecule has 2 amide bonds. The largest absolute Gasteiger partial charge is 0.450 e. The van der Waals surface area contributed by atoms with Crippen molar-refractivity contribution >= 4 is 12.0 Å². The highest BCUT2D eigenvalue weighted by Gasteiger charge is 2.61. The Labute approximate surface area is 173 Å². The normalized spacial score (nSPS) is 39.6. The van der Waals surface area contributed by atoms with Crippen molar-refractivity contribution in [1.29, 1.82) is 0 Å². The number of ether oxygens (including phenoxy) is 2. The molecule has 0 aromatic carbocycles. The summed E-state index contributed by atoms with van der Waals surface area (Å²) in [5.41, 5.74) is 0. The van der Waals surface area contributed by atoms with Crippen LogP contribution in [0.4, 0.5) is 4.79 Å². The number of nitrogens with zero attached hydrogens (tertiary/aromatic N) is 3. The molecule has 2 unspecified atom stereocenters. The zero-order valence-corrected chi connectivity index (χ0v) is 17.6. The van der Waals surface area contributed by atoms with Gasteiger partial charge in [0.25, 0.3) is 0 Å². The maximum Gasteiger partial charge on any atom is 0.410 e. The highest BCUT2D eigenvalue weighted by atomic mass is 16.6. The van der Waals surface area contributed by atoms with Crippen molar-refractivity contribution in [2.45, 2.75) is 63.6 Å². The molecule has 5 aliphatic rings. The number of carbonyl (C=O) groups is 2. The molecule has 4 saturated heterocycles. The van der Waals surface area contributed by atoms with Crippen LogP contribution in [0.15, 0.2) is 0 Å². The van der Waals surface area contributed by atoms with Crippen molar-refractivity contribution in [3.63, 3.8) is 0 Å². The highest BCUT2D eigenvalue weighted by Crippen LogP contribution is 2.54. The quantitative estimate of drug-likeness (QED) is 0.718. The van der Waals surface area contributed by atoms with Gasteiger partial charge in [0.1, 0.15) is 0 Å². The summed E-state index contributed by atoms with van der Waals surface area (Å²) in [6.07, 6.45) is 6.61. The van der Waals surface area contributed by atoms with E-state index in [-0.39, 0.29) is 24.1 Å². The number of carbonyl (C=O) groups excluding carboxylic acids is 2. The van der Waals surface area contributed by atoms with Gasteiger partial charge < -0.3 is 14.4 Å². The third-order valence-corrected chi connectivity index (χ3v) is 7.92. The van der Waals surface area contributed by atoms with Gasteiger partial charge >= 0.3 is 6.09 Å². The minimum Gasteiger partial charge on any atom is -0.450 e. The monoisotopic (exact) mass is 405 g/mol. The molecule has 5 rings (SSSR count). The summed E-state index contributed by atoms with van der Waals surface area (Å²) >= 11 is 0. The fraction of sp³-hybridized carbons (Fsp3) is 0.909. The summed E-state index contributed by atoms with van der Waals surface area (Å²) < 4.78 is 11.0. The molecule has 1 aliphatic carbocycles. The number of likely N-dealkylation sites (tertiary alicyclic amines) is 2. The van der Waals surface area contributed by atoms with Crippen LogP contribution < -0.4 is 0 Å². The van der Waals surface area contributed by atoms with Crippen molar-refractivity contribution in [3.05, 3.63) is 0 Å². The van der Waals surface area contributed by atoms with Crippen LogP contribution in [-0.2, 0) is 14.3 Å². The summed E-state index contributed by atoms with van der Waals surface area (Å²) in [7, 11) is 0. The predicted molar refractivity (Wildman–Crippen MR) is 107 cm³/mol. The number of morpholine rings is 1. The van der Waals surface area contributed by atoms with E-state index in [0.717, 1.165) is 39.0 Å². The van der Waals surface area contributed by atoms with Crippen molar-refractivity contribution in [3.8, 4) is 0 Å². The second-order valence-corrected chi connectivity index (χ2v) is 9.62. The van der Waals surface area contributed by atoms with Gasteiger partial charge in [-0.15, -0.1) is 0 Å². The second kappa shape index (κ2) is 8.06. The molecule has 1 saturated carbocycles. The molecule has 0 radical (unpaired) electrons. The van der Waals surface area contributed by atoms with E-state index < -0.39 is 0 Å². The van der Waals surface area contributed by atoms with Crippen LogP contribution >= 0.6 is 0 Å². The lowest BCUT2D eigenvalue weighted by Crippen LogP contribution is -2.62. The molecule has 162 valence electrons. The van der Waals surface area contributed by atoms with E-state index in [2.05, 4.69) is 9.80 Å². The van der Waals surface area contributed by atoms with Crippen molar-refractivity contribution in [1.82, 2.24) is 14.7 Å². The summed E-state index contributed by atoms with van der Waals surface area (Å²) in [5.74, 6) is 1.84. The first-order chi connectivity index (χ1) is 14.2. The smallest absolute Gasteiger partial charge is 0.410 e. The fourth-order valence-corrected chi connectivity index (χ4v) is 6.41. The minimum absolute atomic E-state index is 0.123.